The smallest absolute Gasteiger partial charge is 0.408 e. The van der Waals surface area contributed by atoms with E-state index in [4.69, 9.17) is 0 Å². The van der Waals surface area contributed by atoms with Crippen molar-refractivity contribution >= 4 is 32.9 Å². The van der Waals surface area contributed by atoms with E-state index in [0.29, 0.717) is 11.7 Å². The SMILES string of the molecule is O=C(O)N1[C@@H]2C[C@@H]2C[C@H]1c1nc(-c2ccc3cc(Br)ccc3n2)c[nH]1. The average Bonchev–Trinajstić information content (AvgIpc) is 3.04. The molecule has 2 aliphatic rings. The fraction of sp³-hybridized carbons (Fsp3) is 0.278. The van der Waals surface area contributed by atoms with Crippen molar-refractivity contribution in [1.29, 1.82) is 0 Å². The molecule has 1 saturated heterocycles. The molecule has 0 unspecified atom stereocenters. The van der Waals surface area contributed by atoms with Crippen LogP contribution in [0.3, 0.4) is 0 Å². The first-order chi connectivity index (χ1) is 12.1. The highest BCUT2D eigenvalue weighted by atomic mass is 79.9. The number of fused-ring (bicyclic) bond motifs is 2. The minimum absolute atomic E-state index is 0.174. The number of nitrogens with one attached hydrogen (secondary N) is 1. The highest BCUT2D eigenvalue weighted by molar-refractivity contribution is 9.10. The van der Waals surface area contributed by atoms with Crippen LogP contribution in [0.25, 0.3) is 22.3 Å². The Balaban J connectivity index is 1.48. The van der Waals surface area contributed by atoms with Gasteiger partial charge in [-0.3, -0.25) is 4.90 Å². The van der Waals surface area contributed by atoms with E-state index in [1.54, 1.807) is 4.90 Å². The van der Waals surface area contributed by atoms with Crippen LogP contribution >= 0.6 is 15.9 Å². The summed E-state index contributed by atoms with van der Waals surface area (Å²) in [6, 6.07) is 9.91. The molecule has 25 heavy (non-hydrogen) atoms. The van der Waals surface area contributed by atoms with Crippen LogP contribution in [0, 0.1) is 5.92 Å². The van der Waals surface area contributed by atoms with Crippen molar-refractivity contribution in [2.45, 2.75) is 24.9 Å². The molecule has 2 N–H and O–H groups in total. The lowest BCUT2D eigenvalue weighted by atomic mass is 10.1. The molecule has 0 bridgehead atoms. The van der Waals surface area contributed by atoms with Gasteiger partial charge in [0.2, 0.25) is 0 Å². The Bertz CT molecular complexity index is 1000. The Morgan fingerprint density at radius 2 is 2.08 bits per heavy atom. The van der Waals surface area contributed by atoms with Crippen LogP contribution in [0.5, 0.6) is 0 Å². The molecule has 5 rings (SSSR count). The Hall–Kier alpha value is -2.41. The van der Waals surface area contributed by atoms with Crippen LogP contribution in [0.2, 0.25) is 0 Å². The molecule has 2 aromatic heterocycles. The number of pyridine rings is 1. The fourth-order valence-electron chi connectivity index (χ4n) is 3.85. The second kappa shape index (κ2) is 5.29. The summed E-state index contributed by atoms with van der Waals surface area (Å²) in [6.07, 6.45) is 2.79. The maximum absolute atomic E-state index is 11.5. The molecule has 3 atom stereocenters. The number of carbonyl (C=O) groups is 1. The molecule has 1 aromatic carbocycles. The number of likely N-dealkylation sites (tertiary alicyclic amines) is 1. The molecular formula is C18H15BrN4O2. The molecule has 1 aliphatic heterocycles. The zero-order valence-electron chi connectivity index (χ0n) is 13.2. The van der Waals surface area contributed by atoms with Gasteiger partial charge in [-0.25, -0.2) is 14.8 Å². The van der Waals surface area contributed by atoms with Crippen LogP contribution < -0.4 is 0 Å². The Morgan fingerprint density at radius 3 is 2.92 bits per heavy atom. The van der Waals surface area contributed by atoms with E-state index in [1.807, 2.05) is 36.5 Å². The van der Waals surface area contributed by atoms with Crippen LogP contribution in [0.4, 0.5) is 4.79 Å². The van der Waals surface area contributed by atoms with Crippen molar-refractivity contribution in [1.82, 2.24) is 19.9 Å². The predicted octanol–water partition coefficient (Wildman–Crippen LogP) is 4.20. The van der Waals surface area contributed by atoms with Crippen LogP contribution in [0.15, 0.2) is 41.0 Å². The molecular weight excluding hydrogens is 384 g/mol. The number of hydrogen-bond donors (Lipinski definition) is 2. The van der Waals surface area contributed by atoms with Crippen molar-refractivity contribution in [3.05, 3.63) is 46.8 Å². The van der Waals surface area contributed by atoms with Crippen molar-refractivity contribution in [2.75, 3.05) is 0 Å². The molecule has 0 spiro atoms. The van der Waals surface area contributed by atoms with E-state index >= 15 is 0 Å². The van der Waals surface area contributed by atoms with Gasteiger partial charge in [-0.05, 0) is 43.0 Å². The number of halogens is 1. The zero-order chi connectivity index (χ0) is 17.1. The zero-order valence-corrected chi connectivity index (χ0v) is 14.8. The number of nitrogens with zero attached hydrogens (tertiary/aromatic N) is 3. The van der Waals surface area contributed by atoms with Crippen molar-refractivity contribution in [3.63, 3.8) is 0 Å². The number of H-pyrrole nitrogens is 1. The van der Waals surface area contributed by atoms with Gasteiger partial charge in [0, 0.05) is 22.1 Å². The van der Waals surface area contributed by atoms with Gasteiger partial charge in [0.05, 0.1) is 17.3 Å². The largest absolute Gasteiger partial charge is 0.465 e. The van der Waals surface area contributed by atoms with Gasteiger partial charge >= 0.3 is 6.09 Å². The summed E-state index contributed by atoms with van der Waals surface area (Å²) in [6.45, 7) is 0. The molecule has 2 fully saturated rings. The van der Waals surface area contributed by atoms with Gasteiger partial charge in [0.25, 0.3) is 0 Å². The monoisotopic (exact) mass is 398 g/mol. The first kappa shape index (κ1) is 14.9. The van der Waals surface area contributed by atoms with Gasteiger partial charge in [0.15, 0.2) is 0 Å². The van der Waals surface area contributed by atoms with E-state index in [1.165, 1.54) is 0 Å². The lowest BCUT2D eigenvalue weighted by Gasteiger charge is -2.22. The average molecular weight is 399 g/mol. The van der Waals surface area contributed by atoms with E-state index in [9.17, 15) is 9.90 Å². The number of aromatic amines is 1. The van der Waals surface area contributed by atoms with E-state index in [2.05, 4.69) is 30.9 Å². The molecule has 1 saturated carbocycles. The normalized spacial score (nSPS) is 24.5. The third-order valence-corrected chi connectivity index (χ3v) is 5.65. The van der Waals surface area contributed by atoms with Crippen LogP contribution in [-0.2, 0) is 0 Å². The number of amides is 1. The third-order valence-electron chi connectivity index (χ3n) is 5.15. The molecule has 3 aromatic rings. The van der Waals surface area contributed by atoms with Gasteiger partial charge in [0.1, 0.15) is 11.5 Å². The maximum atomic E-state index is 11.5. The van der Waals surface area contributed by atoms with Crippen molar-refractivity contribution in [2.24, 2.45) is 5.92 Å². The molecule has 3 heterocycles. The number of aromatic nitrogens is 3. The summed E-state index contributed by atoms with van der Waals surface area (Å²) in [5, 5.41) is 10.5. The number of piperidine rings is 1. The predicted molar refractivity (Wildman–Crippen MR) is 96.1 cm³/mol. The molecule has 7 heteroatoms. The summed E-state index contributed by atoms with van der Waals surface area (Å²) < 4.78 is 1.02. The lowest BCUT2D eigenvalue weighted by molar-refractivity contribution is 0.128. The first-order valence-electron chi connectivity index (χ1n) is 8.23. The minimum Gasteiger partial charge on any atom is -0.465 e. The second-order valence-corrected chi connectivity index (χ2v) is 7.62. The third kappa shape index (κ3) is 2.41. The van der Waals surface area contributed by atoms with Gasteiger partial charge < -0.3 is 10.1 Å². The summed E-state index contributed by atoms with van der Waals surface area (Å²) in [5.74, 6) is 1.20. The van der Waals surface area contributed by atoms with E-state index in [-0.39, 0.29) is 12.1 Å². The quantitative estimate of drug-likeness (QED) is 0.677. The minimum atomic E-state index is -0.859. The van der Waals surface area contributed by atoms with Crippen molar-refractivity contribution < 1.29 is 9.90 Å². The molecule has 1 aliphatic carbocycles. The van der Waals surface area contributed by atoms with Gasteiger partial charge in [-0.1, -0.05) is 22.0 Å². The Labute approximate surface area is 152 Å². The number of carboxylic acid groups (broad SMARTS) is 1. The Morgan fingerprint density at radius 1 is 1.20 bits per heavy atom. The summed E-state index contributed by atoms with van der Waals surface area (Å²) in [5.41, 5.74) is 2.42. The second-order valence-electron chi connectivity index (χ2n) is 6.71. The maximum Gasteiger partial charge on any atom is 0.408 e. The summed E-state index contributed by atoms with van der Waals surface area (Å²) in [4.78, 5) is 25.6. The number of benzene rings is 1. The topological polar surface area (TPSA) is 82.1 Å². The standard InChI is InChI=1S/C18H15BrN4O2/c19-11-2-4-12-9(5-11)1-3-13(21-12)14-8-20-17(22-14)16-7-10-6-15(10)23(16)18(24)25/h1-5,8,10,15-16H,6-7H2,(H,20,22)(H,24,25)/t10-,15-,16+/m1/s1. The lowest BCUT2D eigenvalue weighted by Crippen LogP contribution is -2.32. The number of imidazole rings is 1. The van der Waals surface area contributed by atoms with Crippen molar-refractivity contribution in [3.8, 4) is 11.4 Å². The fourth-order valence-corrected chi connectivity index (χ4v) is 4.23. The highest BCUT2D eigenvalue weighted by Gasteiger charge is 2.55. The number of rotatable bonds is 2. The summed E-state index contributed by atoms with van der Waals surface area (Å²) in [7, 11) is 0. The first-order valence-corrected chi connectivity index (χ1v) is 9.03. The summed E-state index contributed by atoms with van der Waals surface area (Å²) >= 11 is 3.46. The van der Waals surface area contributed by atoms with E-state index in [0.717, 1.165) is 39.6 Å². The van der Waals surface area contributed by atoms with Crippen LogP contribution in [0.1, 0.15) is 24.7 Å². The molecule has 126 valence electrons. The van der Waals surface area contributed by atoms with Gasteiger partial charge in [-0.2, -0.15) is 0 Å². The molecule has 0 radical (unpaired) electrons. The van der Waals surface area contributed by atoms with Crippen LogP contribution in [-0.4, -0.2) is 37.1 Å². The molecule has 6 nitrogen and oxygen atoms in total. The van der Waals surface area contributed by atoms with Gasteiger partial charge in [-0.15, -0.1) is 0 Å². The Kier molecular flexibility index (Phi) is 3.15. The highest BCUT2D eigenvalue weighted by Crippen LogP contribution is 2.52. The molecule has 1 amide bonds. The number of hydrogen-bond acceptors (Lipinski definition) is 3. The van der Waals surface area contributed by atoms with E-state index < -0.39 is 6.09 Å².